The van der Waals surface area contributed by atoms with Gasteiger partial charge in [-0.3, -0.25) is 4.79 Å². The van der Waals surface area contributed by atoms with Crippen LogP contribution in [-0.2, 0) is 11.3 Å². The molecule has 0 unspecified atom stereocenters. The van der Waals surface area contributed by atoms with Crippen LogP contribution in [0.1, 0.15) is 0 Å². The molecule has 3 rings (SSSR count). The zero-order valence-electron chi connectivity index (χ0n) is 11.5. The van der Waals surface area contributed by atoms with Crippen molar-refractivity contribution in [3.63, 3.8) is 0 Å². The third-order valence-electron chi connectivity index (χ3n) is 2.83. The first kappa shape index (κ1) is 15.4. The van der Waals surface area contributed by atoms with Crippen molar-refractivity contribution in [3.8, 4) is 11.7 Å². The Bertz CT molecular complexity index is 899. The van der Waals surface area contributed by atoms with Crippen molar-refractivity contribution in [2.75, 3.05) is 5.32 Å². The number of anilines is 1. The fourth-order valence-electron chi connectivity index (χ4n) is 1.82. The van der Waals surface area contributed by atoms with Crippen molar-refractivity contribution >= 4 is 34.8 Å². The number of nitrogens with zero attached hydrogens (tertiary/aromatic N) is 2. The number of hydrogen-bond donors (Lipinski definition) is 1. The fourth-order valence-corrected chi connectivity index (χ4v) is 2.11. The third-order valence-corrected chi connectivity index (χ3v) is 3.57. The zero-order valence-corrected chi connectivity index (χ0v) is 13.0. The predicted octanol–water partition coefficient (Wildman–Crippen LogP) is 3.04. The fraction of sp³-hybridized carbons (Fsp3) is 0.0714. The summed E-state index contributed by atoms with van der Waals surface area (Å²) in [6, 6.07) is 7.86. The largest absolute Gasteiger partial charge is 0.459 e. The minimum Gasteiger partial charge on any atom is -0.459 e. The van der Waals surface area contributed by atoms with Crippen LogP contribution in [0.5, 0.6) is 0 Å². The second-order valence-electron chi connectivity index (χ2n) is 4.49. The molecular weight excluding hydrogens is 345 g/mol. The highest BCUT2D eigenvalue weighted by molar-refractivity contribution is 6.42. The van der Waals surface area contributed by atoms with Gasteiger partial charge < -0.3 is 14.2 Å². The monoisotopic (exact) mass is 353 g/mol. The van der Waals surface area contributed by atoms with Crippen LogP contribution >= 0.6 is 23.2 Å². The number of amides is 1. The van der Waals surface area contributed by atoms with E-state index in [0.29, 0.717) is 21.5 Å². The molecule has 0 radical (unpaired) electrons. The summed E-state index contributed by atoms with van der Waals surface area (Å²) >= 11 is 11.7. The van der Waals surface area contributed by atoms with E-state index in [1.54, 1.807) is 24.3 Å². The Morgan fingerprint density at radius 2 is 2.09 bits per heavy atom. The lowest BCUT2D eigenvalue weighted by atomic mass is 10.3. The summed E-state index contributed by atoms with van der Waals surface area (Å²) in [7, 11) is 0. The van der Waals surface area contributed by atoms with E-state index in [1.165, 1.54) is 12.3 Å². The van der Waals surface area contributed by atoms with Crippen LogP contribution in [0.25, 0.3) is 11.7 Å². The van der Waals surface area contributed by atoms with Crippen LogP contribution in [0.3, 0.4) is 0 Å². The smallest absolute Gasteiger partial charge is 0.437 e. The van der Waals surface area contributed by atoms with Crippen molar-refractivity contribution in [1.82, 2.24) is 9.78 Å². The van der Waals surface area contributed by atoms with Crippen LogP contribution in [-0.4, -0.2) is 15.7 Å². The summed E-state index contributed by atoms with van der Waals surface area (Å²) in [5, 5.41) is 7.17. The summed E-state index contributed by atoms with van der Waals surface area (Å²) in [6.45, 7) is -0.316. The van der Waals surface area contributed by atoms with Crippen molar-refractivity contribution in [2.24, 2.45) is 0 Å². The number of nitrogens with one attached hydrogen (secondary N) is 1. The molecule has 0 bridgehead atoms. The van der Waals surface area contributed by atoms with Crippen LogP contribution in [0.15, 0.2) is 50.2 Å². The predicted molar refractivity (Wildman–Crippen MR) is 83.6 cm³/mol. The Kier molecular flexibility index (Phi) is 4.22. The minimum atomic E-state index is -0.763. The SMILES string of the molecule is O=C(Cn1nc(-c2ccco2)oc1=O)Nc1ccc(Cl)c(Cl)c1. The highest BCUT2D eigenvalue weighted by Crippen LogP contribution is 2.25. The summed E-state index contributed by atoms with van der Waals surface area (Å²) < 4.78 is 10.9. The molecule has 1 N–H and O–H groups in total. The molecule has 2 heterocycles. The van der Waals surface area contributed by atoms with Gasteiger partial charge in [0.05, 0.1) is 16.3 Å². The molecule has 9 heteroatoms. The van der Waals surface area contributed by atoms with Crippen LogP contribution in [0.4, 0.5) is 5.69 Å². The molecule has 1 amide bonds. The molecule has 118 valence electrons. The highest BCUT2D eigenvalue weighted by atomic mass is 35.5. The lowest BCUT2D eigenvalue weighted by Gasteiger charge is -2.05. The number of rotatable bonds is 4. The standard InChI is InChI=1S/C14H9Cl2N3O4/c15-9-4-3-8(6-10(9)16)17-12(20)7-19-14(21)23-13(18-19)11-2-1-5-22-11/h1-6H,7H2,(H,17,20). The van der Waals surface area contributed by atoms with Gasteiger partial charge in [0, 0.05) is 5.69 Å². The van der Waals surface area contributed by atoms with Crippen molar-refractivity contribution in [3.05, 3.63) is 57.2 Å². The van der Waals surface area contributed by atoms with Gasteiger partial charge in [0.25, 0.3) is 5.89 Å². The van der Waals surface area contributed by atoms with E-state index in [4.69, 9.17) is 32.0 Å². The number of benzene rings is 1. The Hall–Kier alpha value is -2.51. The topological polar surface area (TPSA) is 90.3 Å². The maximum atomic E-state index is 12.0. The minimum absolute atomic E-state index is 0.00216. The van der Waals surface area contributed by atoms with Gasteiger partial charge in [0.2, 0.25) is 5.91 Å². The molecule has 0 atom stereocenters. The summed E-state index contributed by atoms with van der Waals surface area (Å²) in [5.41, 5.74) is 0.451. The lowest BCUT2D eigenvalue weighted by Crippen LogP contribution is -2.25. The summed E-state index contributed by atoms with van der Waals surface area (Å²) in [4.78, 5) is 23.7. The molecular formula is C14H9Cl2N3O4. The number of hydrogen-bond acceptors (Lipinski definition) is 5. The van der Waals surface area contributed by atoms with E-state index >= 15 is 0 Å². The average Bonchev–Trinajstić information content (AvgIpc) is 3.13. The highest BCUT2D eigenvalue weighted by Gasteiger charge is 2.15. The second kappa shape index (κ2) is 6.31. The van der Waals surface area contributed by atoms with Gasteiger partial charge in [0.1, 0.15) is 6.54 Å². The molecule has 0 aliphatic heterocycles. The molecule has 0 spiro atoms. The van der Waals surface area contributed by atoms with Crippen LogP contribution in [0, 0.1) is 0 Å². The zero-order chi connectivity index (χ0) is 16.4. The Balaban J connectivity index is 1.73. The van der Waals surface area contributed by atoms with Crippen LogP contribution in [0.2, 0.25) is 10.0 Å². The normalized spacial score (nSPS) is 10.7. The van der Waals surface area contributed by atoms with Gasteiger partial charge >= 0.3 is 5.76 Å². The van der Waals surface area contributed by atoms with Crippen molar-refractivity contribution in [1.29, 1.82) is 0 Å². The Morgan fingerprint density at radius 1 is 1.26 bits per heavy atom. The van der Waals surface area contributed by atoms with Crippen molar-refractivity contribution in [2.45, 2.75) is 6.54 Å². The lowest BCUT2D eigenvalue weighted by molar-refractivity contribution is -0.117. The summed E-state index contributed by atoms with van der Waals surface area (Å²) in [5.74, 6) is -0.932. The number of furan rings is 1. The van der Waals surface area contributed by atoms with Gasteiger partial charge in [0.15, 0.2) is 5.76 Å². The van der Waals surface area contributed by atoms with E-state index in [0.717, 1.165) is 4.68 Å². The van der Waals surface area contributed by atoms with Crippen LogP contribution < -0.4 is 11.1 Å². The quantitative estimate of drug-likeness (QED) is 0.778. The number of aromatic nitrogens is 2. The van der Waals surface area contributed by atoms with Gasteiger partial charge in [-0.15, -0.1) is 5.10 Å². The average molecular weight is 354 g/mol. The van der Waals surface area contributed by atoms with E-state index in [9.17, 15) is 9.59 Å². The van der Waals surface area contributed by atoms with E-state index in [1.807, 2.05) is 0 Å². The Morgan fingerprint density at radius 3 is 2.78 bits per heavy atom. The van der Waals surface area contributed by atoms with Gasteiger partial charge in [-0.1, -0.05) is 23.2 Å². The van der Waals surface area contributed by atoms with Gasteiger partial charge in [-0.05, 0) is 30.3 Å². The molecule has 1 aromatic carbocycles. The molecule has 7 nitrogen and oxygen atoms in total. The molecule has 0 aliphatic rings. The third kappa shape index (κ3) is 3.46. The summed E-state index contributed by atoms with van der Waals surface area (Å²) in [6.07, 6.45) is 1.42. The molecule has 3 aromatic rings. The molecule has 0 fully saturated rings. The first-order valence-electron chi connectivity index (χ1n) is 6.39. The van der Waals surface area contributed by atoms with Gasteiger partial charge in [-0.25, -0.2) is 4.79 Å². The van der Waals surface area contributed by atoms with E-state index in [2.05, 4.69) is 10.4 Å². The molecule has 2 aromatic heterocycles. The molecule has 23 heavy (non-hydrogen) atoms. The molecule has 0 saturated carbocycles. The second-order valence-corrected chi connectivity index (χ2v) is 5.30. The van der Waals surface area contributed by atoms with E-state index < -0.39 is 11.7 Å². The maximum absolute atomic E-state index is 12.0. The molecule has 0 aliphatic carbocycles. The maximum Gasteiger partial charge on any atom is 0.437 e. The number of carbonyl (C=O) groups excluding carboxylic acids is 1. The van der Waals surface area contributed by atoms with Crippen molar-refractivity contribution < 1.29 is 13.6 Å². The Labute approximate surface area is 139 Å². The van der Waals surface area contributed by atoms with Gasteiger partial charge in [-0.2, -0.15) is 4.68 Å². The number of carbonyl (C=O) groups is 1. The van der Waals surface area contributed by atoms with E-state index in [-0.39, 0.29) is 12.4 Å². The first-order chi connectivity index (χ1) is 11.0. The molecule has 0 saturated heterocycles. The first-order valence-corrected chi connectivity index (χ1v) is 7.15. The number of halogens is 2.